The van der Waals surface area contributed by atoms with Crippen LogP contribution >= 0.6 is 15.9 Å². The van der Waals surface area contributed by atoms with E-state index in [-0.39, 0.29) is 5.82 Å². The summed E-state index contributed by atoms with van der Waals surface area (Å²) >= 11 is 3.41. The standard InChI is InChI=1S/C13H9BrFN3/c1-7-9(14)6-16-13-11(7)17-12(18-13)8-4-2-3-5-10(8)15/h2-6H,1H3,(H,16,17,18). The van der Waals surface area contributed by atoms with Gasteiger partial charge in [-0.15, -0.1) is 0 Å². The van der Waals surface area contributed by atoms with E-state index in [9.17, 15) is 4.39 Å². The normalized spacial score (nSPS) is 11.1. The molecule has 3 aromatic rings. The predicted molar refractivity (Wildman–Crippen MR) is 71.7 cm³/mol. The molecule has 0 saturated carbocycles. The second kappa shape index (κ2) is 4.17. The smallest absolute Gasteiger partial charge is 0.178 e. The molecular weight excluding hydrogens is 297 g/mol. The summed E-state index contributed by atoms with van der Waals surface area (Å²) < 4.78 is 14.6. The molecule has 0 fully saturated rings. The molecule has 3 nitrogen and oxygen atoms in total. The molecule has 0 spiro atoms. The van der Waals surface area contributed by atoms with Gasteiger partial charge in [-0.25, -0.2) is 14.4 Å². The first-order chi connectivity index (χ1) is 8.66. The van der Waals surface area contributed by atoms with Gasteiger partial charge in [-0.1, -0.05) is 12.1 Å². The molecule has 1 N–H and O–H groups in total. The third-order valence-electron chi connectivity index (χ3n) is 2.85. The van der Waals surface area contributed by atoms with Gasteiger partial charge in [-0.2, -0.15) is 0 Å². The van der Waals surface area contributed by atoms with Crippen LogP contribution in [0.5, 0.6) is 0 Å². The van der Waals surface area contributed by atoms with Crippen molar-refractivity contribution in [1.82, 2.24) is 15.0 Å². The molecule has 1 aromatic carbocycles. The fraction of sp³-hybridized carbons (Fsp3) is 0.0769. The monoisotopic (exact) mass is 305 g/mol. The van der Waals surface area contributed by atoms with E-state index in [1.807, 2.05) is 6.92 Å². The van der Waals surface area contributed by atoms with Gasteiger partial charge in [0.1, 0.15) is 11.6 Å². The predicted octanol–water partition coefficient (Wildman–Crippen LogP) is 3.83. The summed E-state index contributed by atoms with van der Waals surface area (Å²) in [6.07, 6.45) is 1.70. The van der Waals surface area contributed by atoms with Crippen LogP contribution in [0.25, 0.3) is 22.6 Å². The van der Waals surface area contributed by atoms with Crippen molar-refractivity contribution in [2.45, 2.75) is 6.92 Å². The Balaban J connectivity index is 2.26. The van der Waals surface area contributed by atoms with Crippen molar-refractivity contribution in [3.05, 3.63) is 46.3 Å². The number of aryl methyl sites for hydroxylation is 1. The molecule has 0 radical (unpaired) electrons. The first kappa shape index (κ1) is 11.3. The molecule has 0 aliphatic heterocycles. The zero-order chi connectivity index (χ0) is 12.7. The Labute approximate surface area is 111 Å². The number of aromatic amines is 1. The highest BCUT2D eigenvalue weighted by atomic mass is 79.9. The second-order valence-electron chi connectivity index (χ2n) is 3.99. The first-order valence-electron chi connectivity index (χ1n) is 5.42. The molecule has 0 amide bonds. The number of benzene rings is 1. The molecule has 3 rings (SSSR count). The highest BCUT2D eigenvalue weighted by Crippen LogP contribution is 2.26. The van der Waals surface area contributed by atoms with Gasteiger partial charge in [0.25, 0.3) is 0 Å². The minimum Gasteiger partial charge on any atom is -0.336 e. The molecule has 0 unspecified atom stereocenters. The molecule has 0 saturated heterocycles. The maximum absolute atomic E-state index is 13.7. The lowest BCUT2D eigenvalue weighted by atomic mass is 10.2. The number of nitrogens with one attached hydrogen (secondary N) is 1. The van der Waals surface area contributed by atoms with Crippen molar-refractivity contribution in [1.29, 1.82) is 0 Å². The van der Waals surface area contributed by atoms with E-state index in [1.165, 1.54) is 6.07 Å². The van der Waals surface area contributed by atoms with Gasteiger partial charge < -0.3 is 4.98 Å². The number of hydrogen-bond donors (Lipinski definition) is 1. The van der Waals surface area contributed by atoms with Gasteiger partial charge in [0.2, 0.25) is 0 Å². The fourth-order valence-corrected chi connectivity index (χ4v) is 2.13. The average Bonchev–Trinajstić information content (AvgIpc) is 2.79. The van der Waals surface area contributed by atoms with Crippen LogP contribution in [-0.4, -0.2) is 15.0 Å². The molecule has 5 heteroatoms. The minimum atomic E-state index is -0.298. The van der Waals surface area contributed by atoms with Crippen molar-refractivity contribution in [3.63, 3.8) is 0 Å². The zero-order valence-electron chi connectivity index (χ0n) is 9.54. The Morgan fingerprint density at radius 1 is 1.28 bits per heavy atom. The summed E-state index contributed by atoms with van der Waals surface area (Å²) in [6, 6.07) is 6.54. The summed E-state index contributed by atoms with van der Waals surface area (Å²) in [4.78, 5) is 11.6. The SMILES string of the molecule is Cc1c(Br)cnc2nc(-c3ccccc3F)[nH]c12. The number of pyridine rings is 1. The van der Waals surface area contributed by atoms with Crippen molar-refractivity contribution >= 4 is 27.1 Å². The van der Waals surface area contributed by atoms with Crippen LogP contribution in [0.15, 0.2) is 34.9 Å². The number of aromatic nitrogens is 3. The van der Waals surface area contributed by atoms with Crippen LogP contribution in [0.3, 0.4) is 0 Å². The number of hydrogen-bond acceptors (Lipinski definition) is 2. The summed E-state index contributed by atoms with van der Waals surface area (Å²) in [7, 11) is 0. The molecule has 0 bridgehead atoms. The number of fused-ring (bicyclic) bond motifs is 1. The summed E-state index contributed by atoms with van der Waals surface area (Å²) in [5, 5.41) is 0. The number of H-pyrrole nitrogens is 1. The highest BCUT2D eigenvalue weighted by molar-refractivity contribution is 9.10. The lowest BCUT2D eigenvalue weighted by Crippen LogP contribution is -1.85. The Morgan fingerprint density at radius 2 is 2.06 bits per heavy atom. The van der Waals surface area contributed by atoms with Crippen molar-refractivity contribution < 1.29 is 4.39 Å². The Kier molecular flexibility index (Phi) is 2.63. The average molecular weight is 306 g/mol. The lowest BCUT2D eigenvalue weighted by molar-refractivity contribution is 0.630. The topological polar surface area (TPSA) is 41.6 Å². The molecule has 90 valence electrons. The van der Waals surface area contributed by atoms with Gasteiger partial charge in [0.15, 0.2) is 5.65 Å². The maximum atomic E-state index is 13.7. The maximum Gasteiger partial charge on any atom is 0.178 e. The molecule has 2 aromatic heterocycles. The van der Waals surface area contributed by atoms with Gasteiger partial charge in [-0.05, 0) is 40.5 Å². The van der Waals surface area contributed by atoms with Gasteiger partial charge in [0.05, 0.1) is 11.1 Å². The number of nitrogens with zero attached hydrogens (tertiary/aromatic N) is 2. The van der Waals surface area contributed by atoms with Crippen molar-refractivity contribution in [2.75, 3.05) is 0 Å². The van der Waals surface area contributed by atoms with E-state index in [4.69, 9.17) is 0 Å². The van der Waals surface area contributed by atoms with E-state index >= 15 is 0 Å². The van der Waals surface area contributed by atoms with Crippen molar-refractivity contribution in [2.24, 2.45) is 0 Å². The second-order valence-corrected chi connectivity index (χ2v) is 4.85. The van der Waals surface area contributed by atoms with E-state index in [0.717, 1.165) is 15.6 Å². The fourth-order valence-electron chi connectivity index (χ4n) is 1.83. The summed E-state index contributed by atoms with van der Waals surface area (Å²) in [6.45, 7) is 1.96. The van der Waals surface area contributed by atoms with E-state index in [2.05, 4.69) is 30.9 Å². The van der Waals surface area contributed by atoms with Gasteiger partial charge >= 0.3 is 0 Å². The number of imidazole rings is 1. The third-order valence-corrected chi connectivity index (χ3v) is 3.65. The largest absolute Gasteiger partial charge is 0.336 e. The molecule has 18 heavy (non-hydrogen) atoms. The van der Waals surface area contributed by atoms with E-state index < -0.39 is 0 Å². The molecular formula is C13H9BrFN3. The summed E-state index contributed by atoms with van der Waals surface area (Å²) in [5.41, 5.74) is 2.87. The van der Waals surface area contributed by atoms with Crippen LogP contribution in [0, 0.1) is 12.7 Å². The number of rotatable bonds is 1. The molecule has 0 aliphatic rings. The Bertz CT molecular complexity index is 736. The van der Waals surface area contributed by atoms with Crippen LogP contribution in [-0.2, 0) is 0 Å². The van der Waals surface area contributed by atoms with E-state index in [1.54, 1.807) is 24.4 Å². The van der Waals surface area contributed by atoms with Gasteiger partial charge in [-0.3, -0.25) is 0 Å². The van der Waals surface area contributed by atoms with Crippen LogP contribution in [0.4, 0.5) is 4.39 Å². The third kappa shape index (κ3) is 1.71. The minimum absolute atomic E-state index is 0.298. The van der Waals surface area contributed by atoms with Crippen molar-refractivity contribution in [3.8, 4) is 11.4 Å². The van der Waals surface area contributed by atoms with E-state index in [0.29, 0.717) is 17.0 Å². The quantitative estimate of drug-likeness (QED) is 0.742. The Morgan fingerprint density at radius 3 is 2.83 bits per heavy atom. The summed E-state index contributed by atoms with van der Waals surface area (Å²) in [5.74, 6) is 0.199. The number of halogens is 2. The molecule has 2 heterocycles. The lowest BCUT2D eigenvalue weighted by Gasteiger charge is -1.98. The Hall–Kier alpha value is -1.75. The molecule has 0 atom stereocenters. The zero-order valence-corrected chi connectivity index (χ0v) is 11.1. The van der Waals surface area contributed by atoms with Crippen LogP contribution in [0.2, 0.25) is 0 Å². The first-order valence-corrected chi connectivity index (χ1v) is 6.22. The van der Waals surface area contributed by atoms with Crippen LogP contribution < -0.4 is 0 Å². The molecule has 0 aliphatic carbocycles. The van der Waals surface area contributed by atoms with Gasteiger partial charge in [0, 0.05) is 10.7 Å². The highest BCUT2D eigenvalue weighted by Gasteiger charge is 2.12. The van der Waals surface area contributed by atoms with Crippen LogP contribution in [0.1, 0.15) is 5.56 Å².